The molecule has 3 aromatic rings. The van der Waals surface area contributed by atoms with Gasteiger partial charge in [0.25, 0.3) is 5.91 Å². The van der Waals surface area contributed by atoms with E-state index in [9.17, 15) is 4.79 Å². The molecule has 0 N–H and O–H groups in total. The van der Waals surface area contributed by atoms with Gasteiger partial charge >= 0.3 is 0 Å². The van der Waals surface area contributed by atoms with Crippen molar-refractivity contribution in [3.8, 4) is 5.75 Å². The van der Waals surface area contributed by atoms with Crippen LogP contribution in [0.1, 0.15) is 12.5 Å². The average molecular weight is 320 g/mol. The van der Waals surface area contributed by atoms with Crippen molar-refractivity contribution in [2.45, 2.75) is 13.8 Å². The lowest BCUT2D eigenvalue weighted by Crippen LogP contribution is -2.34. The van der Waals surface area contributed by atoms with Gasteiger partial charge < -0.3 is 9.64 Å². The SMILES string of the molecule is CCN(C(=O)COc1cccc2cccnc12)c1cccc(C)c1. The van der Waals surface area contributed by atoms with Crippen LogP contribution in [0.4, 0.5) is 5.69 Å². The first kappa shape index (κ1) is 16.0. The van der Waals surface area contributed by atoms with E-state index in [4.69, 9.17) is 4.74 Å². The van der Waals surface area contributed by atoms with E-state index in [-0.39, 0.29) is 12.5 Å². The van der Waals surface area contributed by atoms with E-state index in [1.807, 2.05) is 68.4 Å². The Morgan fingerprint density at radius 3 is 2.71 bits per heavy atom. The molecule has 2 aromatic carbocycles. The highest BCUT2D eigenvalue weighted by molar-refractivity contribution is 5.94. The van der Waals surface area contributed by atoms with Gasteiger partial charge in [0.15, 0.2) is 6.61 Å². The number of carbonyl (C=O) groups is 1. The number of nitrogens with zero attached hydrogens (tertiary/aromatic N) is 2. The Morgan fingerprint density at radius 1 is 1.12 bits per heavy atom. The van der Waals surface area contributed by atoms with E-state index in [2.05, 4.69) is 4.98 Å². The molecular formula is C20H20N2O2. The Bertz CT molecular complexity index is 856. The van der Waals surface area contributed by atoms with Crippen LogP contribution < -0.4 is 9.64 Å². The summed E-state index contributed by atoms with van der Waals surface area (Å²) in [5, 5.41) is 0.994. The van der Waals surface area contributed by atoms with Crippen LogP contribution in [0.25, 0.3) is 10.9 Å². The molecule has 122 valence electrons. The topological polar surface area (TPSA) is 42.4 Å². The number of benzene rings is 2. The van der Waals surface area contributed by atoms with Crippen molar-refractivity contribution in [2.24, 2.45) is 0 Å². The van der Waals surface area contributed by atoms with Crippen LogP contribution in [0, 0.1) is 6.92 Å². The van der Waals surface area contributed by atoms with Crippen LogP contribution in [-0.4, -0.2) is 24.0 Å². The first-order valence-corrected chi connectivity index (χ1v) is 8.02. The fraction of sp³-hybridized carbons (Fsp3) is 0.200. The van der Waals surface area contributed by atoms with Gasteiger partial charge in [0.1, 0.15) is 11.3 Å². The molecule has 3 rings (SSSR count). The van der Waals surface area contributed by atoms with E-state index in [0.717, 1.165) is 22.2 Å². The second-order valence-corrected chi connectivity index (χ2v) is 5.60. The Labute approximate surface area is 141 Å². The molecule has 0 bridgehead atoms. The quantitative estimate of drug-likeness (QED) is 0.714. The summed E-state index contributed by atoms with van der Waals surface area (Å²) >= 11 is 0. The van der Waals surface area contributed by atoms with Crippen molar-refractivity contribution >= 4 is 22.5 Å². The largest absolute Gasteiger partial charge is 0.481 e. The summed E-state index contributed by atoms with van der Waals surface area (Å²) in [6.45, 7) is 4.55. The first-order chi connectivity index (χ1) is 11.7. The highest BCUT2D eigenvalue weighted by Crippen LogP contribution is 2.23. The van der Waals surface area contributed by atoms with E-state index in [1.54, 1.807) is 11.1 Å². The van der Waals surface area contributed by atoms with Gasteiger partial charge in [-0.1, -0.05) is 30.3 Å². The predicted octanol–water partition coefficient (Wildman–Crippen LogP) is 3.98. The summed E-state index contributed by atoms with van der Waals surface area (Å²) in [5.41, 5.74) is 2.78. The third-order valence-electron chi connectivity index (χ3n) is 3.88. The summed E-state index contributed by atoms with van der Waals surface area (Å²) in [6.07, 6.45) is 1.72. The van der Waals surface area contributed by atoms with Gasteiger partial charge in [0, 0.05) is 23.8 Å². The van der Waals surface area contributed by atoms with E-state index in [0.29, 0.717) is 12.3 Å². The number of pyridine rings is 1. The first-order valence-electron chi connectivity index (χ1n) is 8.02. The van der Waals surface area contributed by atoms with Crippen LogP contribution in [0.3, 0.4) is 0 Å². The number of hydrogen-bond acceptors (Lipinski definition) is 3. The molecule has 0 saturated heterocycles. The molecule has 4 nitrogen and oxygen atoms in total. The molecule has 4 heteroatoms. The number of anilines is 1. The molecule has 0 fully saturated rings. The predicted molar refractivity (Wildman–Crippen MR) is 96.4 cm³/mol. The van der Waals surface area contributed by atoms with Crippen LogP contribution in [-0.2, 0) is 4.79 Å². The minimum atomic E-state index is -0.0731. The molecule has 1 aromatic heterocycles. The number of aryl methyl sites for hydroxylation is 1. The molecule has 0 spiro atoms. The summed E-state index contributed by atoms with van der Waals surface area (Å²) in [6, 6.07) is 17.5. The number of fused-ring (bicyclic) bond motifs is 1. The molecule has 0 aliphatic heterocycles. The Morgan fingerprint density at radius 2 is 1.92 bits per heavy atom. The van der Waals surface area contributed by atoms with Gasteiger partial charge in [-0.05, 0) is 43.7 Å². The van der Waals surface area contributed by atoms with Gasteiger partial charge in [-0.3, -0.25) is 9.78 Å². The maximum absolute atomic E-state index is 12.6. The summed E-state index contributed by atoms with van der Waals surface area (Å²) in [4.78, 5) is 18.6. The Hall–Kier alpha value is -2.88. The molecule has 1 heterocycles. The van der Waals surface area contributed by atoms with Gasteiger partial charge in [0.05, 0.1) is 0 Å². The minimum Gasteiger partial charge on any atom is -0.481 e. The number of ether oxygens (including phenoxy) is 1. The molecule has 24 heavy (non-hydrogen) atoms. The summed E-state index contributed by atoms with van der Waals surface area (Å²) in [7, 11) is 0. The molecule has 1 amide bonds. The standard InChI is InChI=1S/C20H20N2O2/c1-3-22(17-10-4-7-15(2)13-17)19(23)14-24-18-11-5-8-16-9-6-12-21-20(16)18/h4-13H,3,14H2,1-2H3. The molecule has 0 radical (unpaired) electrons. The number of hydrogen-bond donors (Lipinski definition) is 0. The lowest BCUT2D eigenvalue weighted by molar-refractivity contribution is -0.120. The summed E-state index contributed by atoms with van der Waals surface area (Å²) in [5.74, 6) is 0.553. The normalized spacial score (nSPS) is 10.6. The third kappa shape index (κ3) is 3.38. The lowest BCUT2D eigenvalue weighted by atomic mass is 10.2. The van der Waals surface area contributed by atoms with Gasteiger partial charge in [0.2, 0.25) is 0 Å². The maximum atomic E-state index is 12.6. The van der Waals surface area contributed by atoms with Gasteiger partial charge in [-0.25, -0.2) is 0 Å². The number of rotatable bonds is 5. The maximum Gasteiger partial charge on any atom is 0.264 e. The highest BCUT2D eigenvalue weighted by Gasteiger charge is 2.15. The zero-order chi connectivity index (χ0) is 16.9. The van der Waals surface area contributed by atoms with E-state index >= 15 is 0 Å². The smallest absolute Gasteiger partial charge is 0.264 e. The zero-order valence-electron chi connectivity index (χ0n) is 13.9. The Kier molecular flexibility index (Phi) is 4.75. The average Bonchev–Trinajstić information content (AvgIpc) is 2.60. The molecule has 0 aliphatic carbocycles. The minimum absolute atomic E-state index is 0.0164. The fourth-order valence-electron chi connectivity index (χ4n) is 2.71. The molecule has 0 atom stereocenters. The van der Waals surface area contributed by atoms with E-state index in [1.165, 1.54) is 0 Å². The molecule has 0 saturated carbocycles. The van der Waals surface area contributed by atoms with Crippen molar-refractivity contribution in [3.05, 3.63) is 66.4 Å². The molecular weight excluding hydrogens is 300 g/mol. The Balaban J connectivity index is 1.76. The lowest BCUT2D eigenvalue weighted by Gasteiger charge is -2.21. The fourth-order valence-corrected chi connectivity index (χ4v) is 2.71. The number of aromatic nitrogens is 1. The van der Waals surface area contributed by atoms with Crippen LogP contribution in [0.2, 0.25) is 0 Å². The monoisotopic (exact) mass is 320 g/mol. The molecule has 0 unspecified atom stereocenters. The van der Waals surface area contributed by atoms with E-state index < -0.39 is 0 Å². The van der Waals surface area contributed by atoms with Crippen LogP contribution >= 0.6 is 0 Å². The van der Waals surface area contributed by atoms with Crippen LogP contribution in [0.15, 0.2) is 60.8 Å². The van der Waals surface area contributed by atoms with Crippen molar-refractivity contribution in [2.75, 3.05) is 18.1 Å². The number of amides is 1. The number of likely N-dealkylation sites (N-methyl/N-ethyl adjacent to an activating group) is 1. The molecule has 0 aliphatic rings. The summed E-state index contributed by atoms with van der Waals surface area (Å²) < 4.78 is 5.76. The van der Waals surface area contributed by atoms with Crippen molar-refractivity contribution in [3.63, 3.8) is 0 Å². The third-order valence-corrected chi connectivity index (χ3v) is 3.88. The second kappa shape index (κ2) is 7.13. The van der Waals surface area contributed by atoms with Crippen molar-refractivity contribution in [1.29, 1.82) is 0 Å². The van der Waals surface area contributed by atoms with Gasteiger partial charge in [-0.15, -0.1) is 0 Å². The van der Waals surface area contributed by atoms with Crippen molar-refractivity contribution in [1.82, 2.24) is 4.98 Å². The van der Waals surface area contributed by atoms with Gasteiger partial charge in [-0.2, -0.15) is 0 Å². The van der Waals surface area contributed by atoms with Crippen LogP contribution in [0.5, 0.6) is 5.75 Å². The highest BCUT2D eigenvalue weighted by atomic mass is 16.5. The number of para-hydroxylation sites is 1. The second-order valence-electron chi connectivity index (χ2n) is 5.60. The number of carbonyl (C=O) groups excluding carboxylic acids is 1. The van der Waals surface area contributed by atoms with Crippen molar-refractivity contribution < 1.29 is 9.53 Å². The zero-order valence-corrected chi connectivity index (χ0v) is 13.9.